The van der Waals surface area contributed by atoms with Crippen molar-refractivity contribution < 1.29 is 4.79 Å². The summed E-state index contributed by atoms with van der Waals surface area (Å²) in [5.41, 5.74) is 5.54. The van der Waals surface area contributed by atoms with Gasteiger partial charge in [-0.25, -0.2) is 0 Å². The van der Waals surface area contributed by atoms with Gasteiger partial charge in [-0.15, -0.1) is 0 Å². The number of amides is 1. The topological polar surface area (TPSA) is 55.1 Å². The summed E-state index contributed by atoms with van der Waals surface area (Å²) in [6.45, 7) is 6.79. The van der Waals surface area contributed by atoms with Gasteiger partial charge in [0.05, 0.1) is 5.54 Å². The minimum atomic E-state index is -0.242. The third kappa shape index (κ3) is 1.86. The number of nitrogens with two attached hydrogens (primary N) is 1. The second-order valence-electron chi connectivity index (χ2n) is 6.05. The largest absolute Gasteiger partial charge is 0.349 e. The lowest BCUT2D eigenvalue weighted by atomic mass is 9.88. The molecule has 2 saturated carbocycles. The smallest absolute Gasteiger partial charge is 0.224 e. The van der Waals surface area contributed by atoms with E-state index in [9.17, 15) is 4.79 Å². The molecule has 0 aromatic rings. The van der Waals surface area contributed by atoms with Gasteiger partial charge < -0.3 is 11.1 Å². The number of hydrogen-bond donors (Lipinski definition) is 2. The molecule has 3 heteroatoms. The van der Waals surface area contributed by atoms with Crippen molar-refractivity contribution in [3.63, 3.8) is 0 Å². The highest BCUT2D eigenvalue weighted by molar-refractivity contribution is 5.83. The Morgan fingerprint density at radius 2 is 2.00 bits per heavy atom. The monoisotopic (exact) mass is 224 g/mol. The predicted molar refractivity (Wildman–Crippen MR) is 64.8 cm³/mol. The van der Waals surface area contributed by atoms with Crippen LogP contribution in [0.3, 0.4) is 0 Å². The molecule has 92 valence electrons. The average Bonchev–Trinajstić information content (AvgIpc) is 2.73. The Labute approximate surface area is 98.2 Å². The molecule has 0 aliphatic heterocycles. The number of nitrogens with one attached hydrogen (secondary N) is 1. The van der Waals surface area contributed by atoms with Crippen molar-refractivity contribution >= 4 is 5.91 Å². The Morgan fingerprint density at radius 1 is 1.44 bits per heavy atom. The first-order valence-electron chi connectivity index (χ1n) is 6.51. The zero-order valence-electron chi connectivity index (χ0n) is 10.6. The summed E-state index contributed by atoms with van der Waals surface area (Å²) < 4.78 is 0. The van der Waals surface area contributed by atoms with Crippen LogP contribution in [0, 0.1) is 23.7 Å². The first-order valence-corrected chi connectivity index (χ1v) is 6.51. The zero-order valence-corrected chi connectivity index (χ0v) is 10.6. The van der Waals surface area contributed by atoms with E-state index in [1.54, 1.807) is 0 Å². The summed E-state index contributed by atoms with van der Waals surface area (Å²) in [6.07, 6.45) is 3.82. The third-order valence-electron chi connectivity index (χ3n) is 4.82. The van der Waals surface area contributed by atoms with Crippen molar-refractivity contribution in [1.29, 1.82) is 0 Å². The Kier molecular flexibility index (Phi) is 2.99. The maximum atomic E-state index is 12.1. The van der Waals surface area contributed by atoms with Crippen LogP contribution in [0.5, 0.6) is 0 Å². The van der Waals surface area contributed by atoms with Gasteiger partial charge in [0.2, 0.25) is 5.91 Å². The normalized spacial score (nSPS) is 35.7. The molecule has 0 aromatic carbocycles. The first kappa shape index (κ1) is 11.9. The lowest BCUT2D eigenvalue weighted by molar-refractivity contribution is -0.125. The average molecular weight is 224 g/mol. The van der Waals surface area contributed by atoms with Gasteiger partial charge in [0.25, 0.3) is 0 Å². The molecule has 3 nitrogen and oxygen atoms in total. The number of carbonyl (C=O) groups excluding carboxylic acids is 1. The van der Waals surface area contributed by atoms with Gasteiger partial charge in [-0.3, -0.25) is 4.79 Å². The second-order valence-corrected chi connectivity index (χ2v) is 6.05. The highest BCUT2D eigenvalue weighted by Gasteiger charge is 2.57. The van der Waals surface area contributed by atoms with E-state index in [0.29, 0.717) is 30.2 Å². The van der Waals surface area contributed by atoms with E-state index in [-0.39, 0.29) is 11.4 Å². The molecule has 0 bridgehead atoms. The maximum absolute atomic E-state index is 12.1. The Morgan fingerprint density at radius 3 is 2.44 bits per heavy atom. The molecule has 2 aliphatic carbocycles. The van der Waals surface area contributed by atoms with Crippen LogP contribution >= 0.6 is 0 Å². The van der Waals surface area contributed by atoms with Crippen molar-refractivity contribution in [2.24, 2.45) is 29.4 Å². The summed E-state index contributed by atoms with van der Waals surface area (Å²) in [7, 11) is 0. The quantitative estimate of drug-likeness (QED) is 0.760. The molecular weight excluding hydrogens is 200 g/mol. The Hall–Kier alpha value is -0.570. The van der Waals surface area contributed by atoms with Crippen LogP contribution in [-0.4, -0.2) is 18.0 Å². The zero-order chi connectivity index (χ0) is 11.9. The summed E-state index contributed by atoms with van der Waals surface area (Å²) in [4.78, 5) is 12.1. The first-order chi connectivity index (χ1) is 7.49. The lowest BCUT2D eigenvalue weighted by Gasteiger charge is -2.33. The predicted octanol–water partition coefficient (Wildman–Crippen LogP) is 1.52. The summed E-state index contributed by atoms with van der Waals surface area (Å²) in [6, 6.07) is 0. The van der Waals surface area contributed by atoms with E-state index in [0.717, 1.165) is 0 Å². The number of fused-ring (bicyclic) bond motifs is 1. The molecule has 3 N–H and O–H groups in total. The summed E-state index contributed by atoms with van der Waals surface area (Å²) in [5, 5.41) is 3.17. The number of carbonyl (C=O) groups is 1. The molecule has 0 saturated heterocycles. The summed E-state index contributed by atoms with van der Waals surface area (Å²) in [5.74, 6) is 2.30. The van der Waals surface area contributed by atoms with Crippen molar-refractivity contribution in [1.82, 2.24) is 5.32 Å². The number of hydrogen-bond acceptors (Lipinski definition) is 2. The van der Waals surface area contributed by atoms with Crippen LogP contribution in [-0.2, 0) is 4.79 Å². The molecule has 3 unspecified atom stereocenters. The van der Waals surface area contributed by atoms with E-state index in [1.165, 1.54) is 19.3 Å². The number of rotatable bonds is 4. The SMILES string of the molecule is CC(C)C(C)(CN)NC(=O)C1C2CCCC21. The van der Waals surface area contributed by atoms with E-state index in [2.05, 4.69) is 19.2 Å². The van der Waals surface area contributed by atoms with Gasteiger partial charge in [-0.1, -0.05) is 20.3 Å². The van der Waals surface area contributed by atoms with Crippen LogP contribution in [0.1, 0.15) is 40.0 Å². The molecule has 0 heterocycles. The molecule has 2 aliphatic rings. The fourth-order valence-corrected chi connectivity index (χ4v) is 3.01. The summed E-state index contributed by atoms with van der Waals surface area (Å²) >= 11 is 0. The van der Waals surface area contributed by atoms with E-state index < -0.39 is 0 Å². The molecular formula is C13H24N2O. The standard InChI is InChI=1S/C13H24N2O/c1-8(2)13(3,7-14)15-12(16)11-9-5-4-6-10(9)11/h8-11H,4-7,14H2,1-3H3,(H,15,16). The van der Waals surface area contributed by atoms with Gasteiger partial charge in [-0.05, 0) is 37.5 Å². The lowest BCUT2D eigenvalue weighted by Crippen LogP contribution is -2.55. The minimum Gasteiger partial charge on any atom is -0.349 e. The van der Waals surface area contributed by atoms with Crippen LogP contribution in [0.15, 0.2) is 0 Å². The van der Waals surface area contributed by atoms with E-state index in [1.807, 2.05) is 6.92 Å². The van der Waals surface area contributed by atoms with Crippen molar-refractivity contribution in [3.05, 3.63) is 0 Å². The van der Waals surface area contributed by atoms with E-state index >= 15 is 0 Å². The Bertz CT molecular complexity index is 280. The highest BCUT2D eigenvalue weighted by atomic mass is 16.2. The molecule has 2 fully saturated rings. The Balaban J connectivity index is 1.92. The van der Waals surface area contributed by atoms with Crippen LogP contribution < -0.4 is 11.1 Å². The maximum Gasteiger partial charge on any atom is 0.224 e. The van der Waals surface area contributed by atoms with Crippen LogP contribution in [0.4, 0.5) is 0 Å². The fourth-order valence-electron chi connectivity index (χ4n) is 3.01. The highest BCUT2D eigenvalue weighted by Crippen LogP contribution is 2.57. The molecule has 0 spiro atoms. The van der Waals surface area contributed by atoms with E-state index in [4.69, 9.17) is 5.73 Å². The second kappa shape index (κ2) is 4.02. The van der Waals surface area contributed by atoms with Gasteiger partial charge in [0, 0.05) is 12.5 Å². The van der Waals surface area contributed by atoms with Crippen LogP contribution in [0.2, 0.25) is 0 Å². The molecule has 16 heavy (non-hydrogen) atoms. The van der Waals surface area contributed by atoms with Crippen molar-refractivity contribution in [2.75, 3.05) is 6.54 Å². The van der Waals surface area contributed by atoms with Crippen LogP contribution in [0.25, 0.3) is 0 Å². The molecule has 1 amide bonds. The fraction of sp³-hybridized carbons (Fsp3) is 0.923. The van der Waals surface area contributed by atoms with Gasteiger partial charge in [0.15, 0.2) is 0 Å². The molecule has 2 rings (SSSR count). The van der Waals surface area contributed by atoms with Gasteiger partial charge in [-0.2, -0.15) is 0 Å². The van der Waals surface area contributed by atoms with Crippen molar-refractivity contribution in [2.45, 2.75) is 45.6 Å². The molecule has 0 aromatic heterocycles. The molecule has 0 radical (unpaired) electrons. The van der Waals surface area contributed by atoms with Gasteiger partial charge >= 0.3 is 0 Å². The third-order valence-corrected chi connectivity index (χ3v) is 4.82. The molecule has 3 atom stereocenters. The minimum absolute atomic E-state index is 0.242. The van der Waals surface area contributed by atoms with Gasteiger partial charge in [0.1, 0.15) is 0 Å². The van der Waals surface area contributed by atoms with Crippen molar-refractivity contribution in [3.8, 4) is 0 Å².